The van der Waals surface area contributed by atoms with Crippen LogP contribution in [0.4, 0.5) is 0 Å². The molecule has 0 aliphatic carbocycles. The van der Waals surface area contributed by atoms with Gasteiger partial charge in [0.25, 0.3) is 0 Å². The van der Waals surface area contributed by atoms with Gasteiger partial charge in [-0.2, -0.15) is 0 Å². The van der Waals surface area contributed by atoms with E-state index in [0.29, 0.717) is 5.76 Å². The molecule has 0 aliphatic rings. The highest BCUT2D eigenvalue weighted by Gasteiger charge is 2.10. The molecule has 100 valence electrons. The van der Waals surface area contributed by atoms with E-state index in [1.54, 1.807) is 6.08 Å². The van der Waals surface area contributed by atoms with Crippen LogP contribution in [-0.4, -0.2) is 5.97 Å². The van der Waals surface area contributed by atoms with Crippen molar-refractivity contribution in [3.63, 3.8) is 0 Å². The number of carbonyl (C=O) groups is 1. The Morgan fingerprint density at radius 2 is 1.70 bits per heavy atom. The van der Waals surface area contributed by atoms with Crippen molar-refractivity contribution in [3.8, 4) is 0 Å². The van der Waals surface area contributed by atoms with Crippen LogP contribution < -0.4 is 0 Å². The van der Waals surface area contributed by atoms with Crippen LogP contribution in [-0.2, 0) is 16.0 Å². The zero-order valence-electron chi connectivity index (χ0n) is 11.2. The van der Waals surface area contributed by atoms with Gasteiger partial charge in [-0.05, 0) is 11.1 Å². The van der Waals surface area contributed by atoms with Gasteiger partial charge in [0.2, 0.25) is 0 Å². The standard InChI is InChI=1S/C18H16O2/c1-3-15-9-7-8-12-17(15)13-18(19)20-14(2)16-10-5-4-6-11-16/h3-12H,1-2,13H2. The number of benzene rings is 2. The molecule has 0 N–H and O–H groups in total. The number of hydrogen-bond donors (Lipinski definition) is 0. The largest absolute Gasteiger partial charge is 0.426 e. The maximum atomic E-state index is 11.9. The first kappa shape index (κ1) is 13.8. The summed E-state index contributed by atoms with van der Waals surface area (Å²) in [5.41, 5.74) is 2.64. The number of esters is 1. The van der Waals surface area contributed by atoms with Crippen LogP contribution in [0.5, 0.6) is 0 Å². The predicted octanol–water partition coefficient (Wildman–Crippen LogP) is 4.09. The fourth-order valence-corrected chi connectivity index (χ4v) is 1.91. The van der Waals surface area contributed by atoms with Gasteiger partial charge in [0, 0.05) is 5.56 Å². The Morgan fingerprint density at radius 3 is 2.40 bits per heavy atom. The van der Waals surface area contributed by atoms with Gasteiger partial charge in [0.05, 0.1) is 6.42 Å². The smallest absolute Gasteiger partial charge is 0.315 e. The lowest BCUT2D eigenvalue weighted by Crippen LogP contribution is -2.08. The average Bonchev–Trinajstić information content (AvgIpc) is 2.48. The normalized spacial score (nSPS) is 9.80. The average molecular weight is 264 g/mol. The molecule has 0 radical (unpaired) electrons. The Kier molecular flexibility index (Phi) is 4.51. The van der Waals surface area contributed by atoms with Gasteiger partial charge in [0.1, 0.15) is 5.76 Å². The number of ether oxygens (including phenoxy) is 1. The number of carbonyl (C=O) groups excluding carboxylic acids is 1. The minimum atomic E-state index is -0.326. The first-order chi connectivity index (χ1) is 9.70. The first-order valence-corrected chi connectivity index (χ1v) is 6.36. The second-order valence-corrected chi connectivity index (χ2v) is 4.34. The summed E-state index contributed by atoms with van der Waals surface area (Å²) >= 11 is 0. The summed E-state index contributed by atoms with van der Waals surface area (Å²) < 4.78 is 5.27. The molecule has 2 nitrogen and oxygen atoms in total. The number of hydrogen-bond acceptors (Lipinski definition) is 2. The summed E-state index contributed by atoms with van der Waals surface area (Å²) in [5, 5.41) is 0. The predicted molar refractivity (Wildman–Crippen MR) is 81.8 cm³/mol. The maximum absolute atomic E-state index is 11.9. The van der Waals surface area contributed by atoms with E-state index in [0.717, 1.165) is 16.7 Å². The van der Waals surface area contributed by atoms with Crippen molar-refractivity contribution in [2.45, 2.75) is 6.42 Å². The molecule has 0 bridgehead atoms. The minimum absolute atomic E-state index is 0.202. The van der Waals surface area contributed by atoms with E-state index in [9.17, 15) is 4.79 Å². The molecule has 0 amide bonds. The summed E-state index contributed by atoms with van der Waals surface area (Å²) in [5.74, 6) is 0.0415. The lowest BCUT2D eigenvalue weighted by Gasteiger charge is -2.09. The quantitative estimate of drug-likeness (QED) is 0.600. The van der Waals surface area contributed by atoms with E-state index in [-0.39, 0.29) is 12.4 Å². The van der Waals surface area contributed by atoms with Gasteiger partial charge >= 0.3 is 5.97 Å². The van der Waals surface area contributed by atoms with Crippen LogP contribution in [0.2, 0.25) is 0 Å². The van der Waals surface area contributed by atoms with E-state index < -0.39 is 0 Å². The van der Waals surface area contributed by atoms with Crippen LogP contribution in [0.15, 0.2) is 67.8 Å². The van der Waals surface area contributed by atoms with Gasteiger partial charge in [-0.1, -0.05) is 73.8 Å². The van der Waals surface area contributed by atoms with Crippen molar-refractivity contribution < 1.29 is 9.53 Å². The molecule has 0 saturated heterocycles. The molecule has 2 aromatic carbocycles. The molecule has 0 unspecified atom stereocenters. The zero-order chi connectivity index (χ0) is 14.4. The molecular formula is C18H16O2. The van der Waals surface area contributed by atoms with Gasteiger partial charge in [-0.15, -0.1) is 0 Å². The number of rotatable bonds is 5. The van der Waals surface area contributed by atoms with E-state index in [1.165, 1.54) is 0 Å². The van der Waals surface area contributed by atoms with E-state index in [4.69, 9.17) is 4.74 Å². The molecule has 0 saturated carbocycles. The molecule has 0 spiro atoms. The van der Waals surface area contributed by atoms with Crippen LogP contribution >= 0.6 is 0 Å². The van der Waals surface area contributed by atoms with Crippen molar-refractivity contribution in [1.29, 1.82) is 0 Å². The highest BCUT2D eigenvalue weighted by atomic mass is 16.5. The Balaban J connectivity index is 2.03. The summed E-state index contributed by atoms with van der Waals surface area (Å²) in [6.45, 7) is 7.52. The fourth-order valence-electron chi connectivity index (χ4n) is 1.91. The lowest BCUT2D eigenvalue weighted by atomic mass is 10.0. The van der Waals surface area contributed by atoms with Crippen LogP contribution in [0.25, 0.3) is 11.8 Å². The van der Waals surface area contributed by atoms with Crippen molar-refractivity contribution in [3.05, 3.63) is 84.4 Å². The maximum Gasteiger partial charge on any atom is 0.315 e. The van der Waals surface area contributed by atoms with Crippen LogP contribution in [0, 0.1) is 0 Å². The van der Waals surface area contributed by atoms with Gasteiger partial charge in [-0.3, -0.25) is 4.79 Å². The molecule has 0 aliphatic heterocycles. The van der Waals surface area contributed by atoms with Gasteiger partial charge in [-0.25, -0.2) is 0 Å². The second kappa shape index (κ2) is 6.53. The molecule has 2 aromatic rings. The summed E-state index contributed by atoms with van der Waals surface area (Å²) in [7, 11) is 0. The Bertz CT molecular complexity index is 627. The van der Waals surface area contributed by atoms with E-state index >= 15 is 0 Å². The SMILES string of the molecule is C=Cc1ccccc1CC(=O)OC(=C)c1ccccc1. The Labute approximate surface area is 119 Å². The topological polar surface area (TPSA) is 26.3 Å². The Morgan fingerprint density at radius 1 is 1.05 bits per heavy atom. The molecule has 20 heavy (non-hydrogen) atoms. The summed E-state index contributed by atoms with van der Waals surface area (Å²) in [6, 6.07) is 17.0. The van der Waals surface area contributed by atoms with Crippen molar-refractivity contribution >= 4 is 17.8 Å². The second-order valence-electron chi connectivity index (χ2n) is 4.34. The molecule has 0 fully saturated rings. The summed E-state index contributed by atoms with van der Waals surface area (Å²) in [6.07, 6.45) is 1.93. The van der Waals surface area contributed by atoms with Gasteiger partial charge < -0.3 is 4.74 Å². The Hall–Kier alpha value is -2.61. The summed E-state index contributed by atoms with van der Waals surface area (Å²) in [4.78, 5) is 11.9. The van der Waals surface area contributed by atoms with Crippen molar-refractivity contribution in [2.75, 3.05) is 0 Å². The molecule has 0 heterocycles. The fraction of sp³-hybridized carbons (Fsp3) is 0.0556. The highest BCUT2D eigenvalue weighted by molar-refractivity contribution is 5.80. The van der Waals surface area contributed by atoms with Crippen molar-refractivity contribution in [2.24, 2.45) is 0 Å². The lowest BCUT2D eigenvalue weighted by molar-refractivity contribution is -0.135. The molecule has 2 rings (SSSR count). The molecule has 0 atom stereocenters. The molecule has 0 aromatic heterocycles. The highest BCUT2D eigenvalue weighted by Crippen LogP contribution is 2.16. The third-order valence-corrected chi connectivity index (χ3v) is 2.94. The minimum Gasteiger partial charge on any atom is -0.426 e. The zero-order valence-corrected chi connectivity index (χ0v) is 11.2. The van der Waals surface area contributed by atoms with Crippen LogP contribution in [0.3, 0.4) is 0 Å². The first-order valence-electron chi connectivity index (χ1n) is 6.36. The van der Waals surface area contributed by atoms with Crippen LogP contribution in [0.1, 0.15) is 16.7 Å². The third kappa shape index (κ3) is 3.45. The molecular weight excluding hydrogens is 248 g/mol. The monoisotopic (exact) mass is 264 g/mol. The van der Waals surface area contributed by atoms with Gasteiger partial charge in [0.15, 0.2) is 0 Å². The molecule has 2 heteroatoms. The van der Waals surface area contributed by atoms with E-state index in [1.807, 2.05) is 54.6 Å². The van der Waals surface area contributed by atoms with Crippen molar-refractivity contribution in [1.82, 2.24) is 0 Å². The van der Waals surface area contributed by atoms with E-state index in [2.05, 4.69) is 13.2 Å². The third-order valence-electron chi connectivity index (χ3n) is 2.94.